The predicted molar refractivity (Wildman–Crippen MR) is 144 cm³/mol. The van der Waals surface area contributed by atoms with Crippen molar-refractivity contribution in [3.8, 4) is 5.75 Å². The molecular formula is C28H38N2O6Si. The van der Waals surface area contributed by atoms with Crippen LogP contribution in [0.4, 0.5) is 5.69 Å². The van der Waals surface area contributed by atoms with E-state index in [-0.39, 0.29) is 43.4 Å². The summed E-state index contributed by atoms with van der Waals surface area (Å²) in [5.41, 5.74) is 2.29. The van der Waals surface area contributed by atoms with E-state index in [0.717, 1.165) is 16.8 Å². The van der Waals surface area contributed by atoms with E-state index in [2.05, 4.69) is 0 Å². The molecule has 2 aromatic carbocycles. The van der Waals surface area contributed by atoms with Crippen molar-refractivity contribution < 1.29 is 29.0 Å². The van der Waals surface area contributed by atoms with Gasteiger partial charge in [0.15, 0.2) is 8.32 Å². The zero-order valence-electron chi connectivity index (χ0n) is 22.1. The molecule has 8 nitrogen and oxygen atoms in total. The van der Waals surface area contributed by atoms with Gasteiger partial charge in [0.05, 0.1) is 12.7 Å². The molecule has 0 radical (unpaired) electrons. The van der Waals surface area contributed by atoms with E-state index >= 15 is 0 Å². The van der Waals surface area contributed by atoms with Gasteiger partial charge in [-0.1, -0.05) is 37.3 Å². The summed E-state index contributed by atoms with van der Waals surface area (Å²) in [6.07, 6.45) is -0.0680. The standard InChI is InChI=1S/C28H38N2O6Si/c1-19-27(35-2)22-16-21(30-13-12-25(30)32)10-11-23(22)36-28(19)24(37(3,4)34)17-26(33)29(14-15-31)18-20-8-6-5-7-9-20/h5-11,16,19,24,27-28,31,34H,12-15,17-18H2,1-4H3/t19-,24?,27-,28-/m0/s1. The number of carbonyl (C=O) groups excluding carboxylic acids is 2. The number of β-lactam (4-membered cyclic amide) rings is 1. The van der Waals surface area contributed by atoms with Crippen LogP contribution in [0, 0.1) is 5.92 Å². The summed E-state index contributed by atoms with van der Waals surface area (Å²) >= 11 is 0. The lowest BCUT2D eigenvalue weighted by atomic mass is 9.86. The molecule has 0 aliphatic carbocycles. The fourth-order valence-electron chi connectivity index (χ4n) is 5.42. The van der Waals surface area contributed by atoms with Gasteiger partial charge in [-0.05, 0) is 36.9 Å². The number of fused-ring (bicyclic) bond motifs is 1. The maximum atomic E-state index is 13.5. The Bertz CT molecular complexity index is 1110. The summed E-state index contributed by atoms with van der Waals surface area (Å²) in [4.78, 5) is 40.2. The first kappa shape index (κ1) is 27.3. The second-order valence-corrected chi connectivity index (χ2v) is 14.7. The second kappa shape index (κ2) is 11.3. The minimum Gasteiger partial charge on any atom is -0.490 e. The molecule has 0 spiro atoms. The molecule has 1 unspecified atom stereocenters. The molecule has 0 bridgehead atoms. The quantitative estimate of drug-likeness (QED) is 0.363. The van der Waals surface area contributed by atoms with Crippen molar-refractivity contribution in [3.63, 3.8) is 0 Å². The van der Waals surface area contributed by atoms with Gasteiger partial charge in [0.1, 0.15) is 11.9 Å². The number of aliphatic hydroxyl groups excluding tert-OH is 1. The summed E-state index contributed by atoms with van der Waals surface area (Å²) in [5, 5.41) is 9.62. The molecule has 2 aromatic rings. The summed E-state index contributed by atoms with van der Waals surface area (Å²) in [6.45, 7) is 6.88. The van der Waals surface area contributed by atoms with Crippen molar-refractivity contribution in [1.29, 1.82) is 0 Å². The molecule has 2 N–H and O–H groups in total. The highest BCUT2D eigenvalue weighted by Crippen LogP contribution is 2.48. The topological polar surface area (TPSA) is 99.5 Å². The molecule has 2 aliphatic heterocycles. The normalized spacial score (nSPS) is 22.1. The second-order valence-electron chi connectivity index (χ2n) is 10.6. The van der Waals surface area contributed by atoms with Crippen LogP contribution < -0.4 is 9.64 Å². The molecule has 2 aliphatic rings. The Morgan fingerprint density at radius 2 is 1.97 bits per heavy atom. The third-order valence-electron chi connectivity index (χ3n) is 7.61. The lowest BCUT2D eigenvalue weighted by molar-refractivity contribution is -0.133. The lowest BCUT2D eigenvalue weighted by Gasteiger charge is -2.44. The van der Waals surface area contributed by atoms with Crippen LogP contribution in [-0.2, 0) is 20.9 Å². The van der Waals surface area contributed by atoms with E-state index in [1.165, 1.54) is 0 Å². The minimum absolute atomic E-state index is 0.103. The Hall–Kier alpha value is -2.72. The van der Waals surface area contributed by atoms with Crippen LogP contribution in [-0.4, -0.2) is 67.8 Å². The molecule has 0 saturated carbocycles. The van der Waals surface area contributed by atoms with Gasteiger partial charge in [-0.25, -0.2) is 0 Å². The number of aliphatic hydroxyl groups is 1. The Labute approximate surface area is 219 Å². The molecule has 9 heteroatoms. The average Bonchev–Trinajstić information content (AvgIpc) is 2.86. The highest BCUT2D eigenvalue weighted by Gasteiger charge is 2.47. The Kier molecular flexibility index (Phi) is 8.38. The molecule has 37 heavy (non-hydrogen) atoms. The van der Waals surface area contributed by atoms with Crippen LogP contribution in [0.1, 0.15) is 37.0 Å². The first-order valence-electron chi connectivity index (χ1n) is 12.9. The highest BCUT2D eigenvalue weighted by atomic mass is 28.4. The third-order valence-corrected chi connectivity index (χ3v) is 9.96. The van der Waals surface area contributed by atoms with E-state index in [9.17, 15) is 19.5 Å². The van der Waals surface area contributed by atoms with Crippen molar-refractivity contribution in [2.24, 2.45) is 5.92 Å². The van der Waals surface area contributed by atoms with Crippen LogP contribution in [0.5, 0.6) is 5.75 Å². The molecule has 0 aromatic heterocycles. The zero-order valence-corrected chi connectivity index (χ0v) is 23.1. The monoisotopic (exact) mass is 526 g/mol. The maximum absolute atomic E-state index is 13.5. The Morgan fingerprint density at radius 3 is 2.54 bits per heavy atom. The lowest BCUT2D eigenvalue weighted by Crippen LogP contribution is -2.50. The van der Waals surface area contributed by atoms with Gasteiger partial charge >= 0.3 is 0 Å². The number of ether oxygens (including phenoxy) is 2. The Balaban J connectivity index is 1.59. The van der Waals surface area contributed by atoms with Gasteiger partial charge in [0, 0.05) is 62.3 Å². The highest BCUT2D eigenvalue weighted by molar-refractivity contribution is 6.71. The smallest absolute Gasteiger partial charge is 0.228 e. The number of nitrogens with zero attached hydrogens (tertiary/aromatic N) is 2. The van der Waals surface area contributed by atoms with Crippen LogP contribution in [0.3, 0.4) is 0 Å². The van der Waals surface area contributed by atoms with E-state index in [1.54, 1.807) is 16.9 Å². The van der Waals surface area contributed by atoms with Crippen molar-refractivity contribution in [2.45, 2.75) is 57.2 Å². The number of methoxy groups -OCH3 is 1. The fourth-order valence-corrected chi connectivity index (χ4v) is 7.27. The molecule has 4 atom stereocenters. The van der Waals surface area contributed by atoms with Gasteiger partial charge < -0.3 is 29.2 Å². The van der Waals surface area contributed by atoms with Gasteiger partial charge in [0.25, 0.3) is 0 Å². The van der Waals surface area contributed by atoms with E-state index in [0.29, 0.717) is 25.3 Å². The first-order valence-corrected chi connectivity index (χ1v) is 15.9. The fraction of sp³-hybridized carbons (Fsp3) is 0.500. The van der Waals surface area contributed by atoms with Crippen molar-refractivity contribution in [3.05, 3.63) is 59.7 Å². The van der Waals surface area contributed by atoms with E-state index in [1.807, 2.05) is 68.5 Å². The zero-order chi connectivity index (χ0) is 26.7. The summed E-state index contributed by atoms with van der Waals surface area (Å²) in [5.74, 6) is 0.488. The minimum atomic E-state index is -2.88. The summed E-state index contributed by atoms with van der Waals surface area (Å²) in [7, 11) is -1.23. The van der Waals surface area contributed by atoms with Crippen LogP contribution in [0.15, 0.2) is 48.5 Å². The predicted octanol–water partition coefficient (Wildman–Crippen LogP) is 3.49. The van der Waals surface area contributed by atoms with Crippen molar-refractivity contribution in [2.75, 3.05) is 31.7 Å². The van der Waals surface area contributed by atoms with E-state index < -0.39 is 20.0 Å². The Morgan fingerprint density at radius 1 is 1.24 bits per heavy atom. The van der Waals surface area contributed by atoms with Gasteiger partial charge in [-0.15, -0.1) is 0 Å². The number of anilines is 1. The summed E-state index contributed by atoms with van der Waals surface area (Å²) in [6, 6.07) is 15.4. The van der Waals surface area contributed by atoms with Crippen molar-refractivity contribution in [1.82, 2.24) is 4.90 Å². The number of hydrogen-bond acceptors (Lipinski definition) is 6. The molecule has 1 fully saturated rings. The van der Waals surface area contributed by atoms with Crippen LogP contribution in [0.2, 0.25) is 18.6 Å². The van der Waals surface area contributed by atoms with E-state index in [4.69, 9.17) is 9.47 Å². The molecule has 2 heterocycles. The number of benzene rings is 2. The van der Waals surface area contributed by atoms with Gasteiger partial charge in [0.2, 0.25) is 11.8 Å². The van der Waals surface area contributed by atoms with Crippen molar-refractivity contribution >= 4 is 25.8 Å². The number of hydrogen-bond donors (Lipinski definition) is 2. The van der Waals surface area contributed by atoms with Crippen LogP contribution in [0.25, 0.3) is 0 Å². The van der Waals surface area contributed by atoms with Gasteiger partial charge in [-0.3, -0.25) is 9.59 Å². The summed E-state index contributed by atoms with van der Waals surface area (Å²) < 4.78 is 12.4. The molecule has 4 rings (SSSR count). The molecule has 200 valence electrons. The number of rotatable bonds is 10. The molecule has 1 saturated heterocycles. The van der Waals surface area contributed by atoms with Gasteiger partial charge in [-0.2, -0.15) is 0 Å². The largest absolute Gasteiger partial charge is 0.490 e. The first-order chi connectivity index (χ1) is 17.6. The van der Waals surface area contributed by atoms with Crippen LogP contribution >= 0.6 is 0 Å². The maximum Gasteiger partial charge on any atom is 0.228 e. The average molecular weight is 527 g/mol. The third kappa shape index (κ3) is 5.90. The SMILES string of the molecule is CO[C@@H]1c2cc(N3CCC3=O)ccc2O[C@H](C(CC(=O)N(CCO)Cc2ccccc2)[Si](C)(C)O)[C@H]1C. The number of amides is 2. The number of carbonyl (C=O) groups is 2. The molecular weight excluding hydrogens is 488 g/mol. The molecule has 2 amide bonds.